The van der Waals surface area contributed by atoms with Gasteiger partial charge in [0, 0.05) is 25.5 Å². The summed E-state index contributed by atoms with van der Waals surface area (Å²) in [7, 11) is 3.48. The van der Waals surface area contributed by atoms with Crippen LogP contribution in [0.4, 0.5) is 0 Å². The highest BCUT2D eigenvalue weighted by atomic mass is 16.3. The van der Waals surface area contributed by atoms with E-state index in [0.717, 1.165) is 29.6 Å². The van der Waals surface area contributed by atoms with Gasteiger partial charge in [-0.15, -0.1) is 0 Å². The average Bonchev–Trinajstić information content (AvgIpc) is 3.28. The molecule has 0 aliphatic heterocycles. The maximum Gasteiger partial charge on any atom is 0.243 e. The Labute approximate surface area is 154 Å². The number of fused-ring (bicyclic) bond motifs is 1. The second kappa shape index (κ2) is 8.25. The molecule has 1 fully saturated rings. The van der Waals surface area contributed by atoms with E-state index in [4.69, 9.17) is 4.42 Å². The van der Waals surface area contributed by atoms with Gasteiger partial charge in [0.05, 0.1) is 6.04 Å². The van der Waals surface area contributed by atoms with Crippen molar-refractivity contribution in [3.63, 3.8) is 0 Å². The number of carbonyl (C=O) groups is 1. The number of amides is 1. The van der Waals surface area contributed by atoms with E-state index < -0.39 is 0 Å². The Hall–Kier alpha value is -2.50. The summed E-state index contributed by atoms with van der Waals surface area (Å²) < 4.78 is 5.94. The van der Waals surface area contributed by atoms with Gasteiger partial charge < -0.3 is 20.0 Å². The Bertz CT molecular complexity index is 742. The third-order valence-corrected chi connectivity index (χ3v) is 4.79. The zero-order valence-electron chi connectivity index (χ0n) is 15.8. The first-order valence-electron chi connectivity index (χ1n) is 9.29. The summed E-state index contributed by atoms with van der Waals surface area (Å²) in [4.78, 5) is 17.9. The van der Waals surface area contributed by atoms with Crippen molar-refractivity contribution in [2.45, 2.75) is 44.7 Å². The molecular formula is C20H28N4O2. The number of hydrogen-bond acceptors (Lipinski definition) is 3. The monoisotopic (exact) mass is 356 g/mol. The van der Waals surface area contributed by atoms with E-state index in [1.807, 2.05) is 37.3 Å². The molecule has 6 nitrogen and oxygen atoms in total. The first-order valence-corrected chi connectivity index (χ1v) is 9.29. The van der Waals surface area contributed by atoms with Crippen LogP contribution in [0.2, 0.25) is 0 Å². The molecule has 1 aliphatic rings. The number of nitrogens with one attached hydrogen (secondary N) is 2. The predicted molar refractivity (Wildman–Crippen MR) is 104 cm³/mol. The largest absolute Gasteiger partial charge is 0.459 e. The molecule has 0 spiro atoms. The highest BCUT2D eigenvalue weighted by Crippen LogP contribution is 2.23. The number of carbonyl (C=O) groups excluding carboxylic acids is 1. The Morgan fingerprint density at radius 1 is 1.31 bits per heavy atom. The van der Waals surface area contributed by atoms with Gasteiger partial charge in [0.2, 0.25) is 5.91 Å². The van der Waals surface area contributed by atoms with E-state index >= 15 is 0 Å². The van der Waals surface area contributed by atoms with Crippen LogP contribution in [0.25, 0.3) is 11.0 Å². The van der Waals surface area contributed by atoms with Gasteiger partial charge in [0.25, 0.3) is 0 Å². The van der Waals surface area contributed by atoms with E-state index in [1.54, 1.807) is 19.0 Å². The third kappa shape index (κ3) is 4.56. The molecule has 1 aliphatic carbocycles. The van der Waals surface area contributed by atoms with Gasteiger partial charge in [-0.1, -0.05) is 31.0 Å². The van der Waals surface area contributed by atoms with E-state index in [-0.39, 0.29) is 18.5 Å². The Morgan fingerprint density at radius 3 is 2.73 bits per heavy atom. The molecule has 2 aromatic rings. The van der Waals surface area contributed by atoms with Gasteiger partial charge in [-0.3, -0.25) is 4.79 Å². The maximum absolute atomic E-state index is 11.9. The molecule has 1 unspecified atom stereocenters. The number of para-hydroxylation sites is 1. The molecule has 1 amide bonds. The fourth-order valence-corrected chi connectivity index (χ4v) is 3.18. The van der Waals surface area contributed by atoms with Crippen molar-refractivity contribution in [1.82, 2.24) is 15.5 Å². The van der Waals surface area contributed by atoms with Crippen molar-refractivity contribution >= 4 is 22.8 Å². The van der Waals surface area contributed by atoms with Crippen LogP contribution in [0.5, 0.6) is 0 Å². The lowest BCUT2D eigenvalue weighted by molar-refractivity contribution is -0.127. The highest BCUT2D eigenvalue weighted by molar-refractivity contribution is 5.85. The number of benzene rings is 1. The molecule has 6 heteroatoms. The highest BCUT2D eigenvalue weighted by Gasteiger charge is 2.19. The second-order valence-electron chi connectivity index (χ2n) is 7.13. The lowest BCUT2D eigenvalue weighted by Gasteiger charge is -2.20. The van der Waals surface area contributed by atoms with E-state index in [9.17, 15) is 4.79 Å². The second-order valence-corrected chi connectivity index (χ2v) is 7.13. The third-order valence-electron chi connectivity index (χ3n) is 4.79. The number of aliphatic imine (C=N–C) groups is 1. The van der Waals surface area contributed by atoms with Crippen molar-refractivity contribution in [2.24, 2.45) is 4.99 Å². The average molecular weight is 356 g/mol. The summed E-state index contributed by atoms with van der Waals surface area (Å²) in [5, 5.41) is 7.95. The normalized spacial score (nSPS) is 16.7. The molecule has 1 aromatic carbocycles. The molecule has 0 radical (unpaired) electrons. The standard InChI is InChI=1S/C20H28N4O2/c1-14(18-12-15-8-4-7-11-17(15)26-18)22-20(21-13-19(25)24(2)3)23-16-9-5-6-10-16/h4,7-8,11-12,14,16H,5-6,9-10,13H2,1-3H3,(H2,21,22,23). The molecule has 140 valence electrons. The Morgan fingerprint density at radius 2 is 2.04 bits per heavy atom. The van der Waals surface area contributed by atoms with Crippen LogP contribution in [-0.2, 0) is 4.79 Å². The van der Waals surface area contributed by atoms with Crippen molar-refractivity contribution in [2.75, 3.05) is 20.6 Å². The SMILES string of the molecule is CC(NC(=NCC(=O)N(C)C)NC1CCCC1)c1cc2ccccc2o1. The zero-order chi connectivity index (χ0) is 18.5. The molecule has 2 N–H and O–H groups in total. The number of nitrogens with zero attached hydrogens (tertiary/aromatic N) is 2. The number of furan rings is 1. The van der Waals surface area contributed by atoms with Crippen LogP contribution in [0.3, 0.4) is 0 Å². The summed E-state index contributed by atoms with van der Waals surface area (Å²) in [6.07, 6.45) is 4.75. The van der Waals surface area contributed by atoms with Crippen LogP contribution in [0.15, 0.2) is 39.7 Å². The van der Waals surface area contributed by atoms with Gasteiger partial charge in [-0.2, -0.15) is 0 Å². The molecule has 0 saturated heterocycles. The Kier molecular flexibility index (Phi) is 5.81. The predicted octanol–water partition coefficient (Wildman–Crippen LogP) is 3.06. The molecule has 0 bridgehead atoms. The van der Waals surface area contributed by atoms with E-state index in [2.05, 4.69) is 15.6 Å². The Balaban J connectivity index is 1.72. The quantitative estimate of drug-likeness (QED) is 0.638. The van der Waals surface area contributed by atoms with E-state index in [1.165, 1.54) is 12.8 Å². The van der Waals surface area contributed by atoms with Gasteiger partial charge in [0.1, 0.15) is 17.9 Å². The zero-order valence-corrected chi connectivity index (χ0v) is 15.8. The van der Waals surface area contributed by atoms with Crippen LogP contribution in [-0.4, -0.2) is 43.4 Å². The minimum atomic E-state index is -0.0514. The topological polar surface area (TPSA) is 69.9 Å². The van der Waals surface area contributed by atoms with E-state index in [0.29, 0.717) is 12.0 Å². The molecule has 26 heavy (non-hydrogen) atoms. The fraction of sp³-hybridized carbons (Fsp3) is 0.500. The van der Waals surface area contributed by atoms with Crippen LogP contribution >= 0.6 is 0 Å². The van der Waals surface area contributed by atoms with Crippen molar-refractivity contribution < 1.29 is 9.21 Å². The number of likely N-dealkylation sites (N-methyl/N-ethyl adjacent to an activating group) is 1. The summed E-state index contributed by atoms with van der Waals surface area (Å²) >= 11 is 0. The summed E-state index contributed by atoms with van der Waals surface area (Å²) in [6.45, 7) is 2.17. The minimum absolute atomic E-state index is 0.0195. The molecule has 1 heterocycles. The van der Waals surface area contributed by atoms with Gasteiger partial charge in [-0.25, -0.2) is 4.99 Å². The first kappa shape index (κ1) is 18.3. The van der Waals surface area contributed by atoms with Gasteiger partial charge in [0.15, 0.2) is 5.96 Å². The van der Waals surface area contributed by atoms with Crippen LogP contribution < -0.4 is 10.6 Å². The minimum Gasteiger partial charge on any atom is -0.459 e. The molecule has 1 atom stereocenters. The van der Waals surface area contributed by atoms with Crippen molar-refractivity contribution in [3.05, 3.63) is 36.1 Å². The fourth-order valence-electron chi connectivity index (χ4n) is 3.18. The van der Waals surface area contributed by atoms with Crippen LogP contribution in [0, 0.1) is 0 Å². The smallest absolute Gasteiger partial charge is 0.243 e. The maximum atomic E-state index is 11.9. The number of hydrogen-bond donors (Lipinski definition) is 2. The molecule has 1 aromatic heterocycles. The summed E-state index contributed by atoms with van der Waals surface area (Å²) in [5.41, 5.74) is 0.876. The summed E-state index contributed by atoms with van der Waals surface area (Å²) in [5.74, 6) is 1.50. The molecule has 3 rings (SSSR count). The lowest BCUT2D eigenvalue weighted by Crippen LogP contribution is -2.44. The molecule has 1 saturated carbocycles. The van der Waals surface area contributed by atoms with Crippen LogP contribution in [0.1, 0.15) is 44.4 Å². The first-order chi connectivity index (χ1) is 12.5. The van der Waals surface area contributed by atoms with Crippen molar-refractivity contribution in [3.8, 4) is 0 Å². The molecular weight excluding hydrogens is 328 g/mol. The number of rotatable bonds is 5. The lowest BCUT2D eigenvalue weighted by atomic mass is 10.2. The van der Waals surface area contributed by atoms with Gasteiger partial charge >= 0.3 is 0 Å². The summed E-state index contributed by atoms with van der Waals surface area (Å²) in [6, 6.07) is 10.4. The van der Waals surface area contributed by atoms with Crippen molar-refractivity contribution in [1.29, 1.82) is 0 Å². The van der Waals surface area contributed by atoms with Gasteiger partial charge in [-0.05, 0) is 31.9 Å². The number of guanidine groups is 1.